The van der Waals surface area contributed by atoms with Crippen molar-refractivity contribution in [3.63, 3.8) is 0 Å². The van der Waals surface area contributed by atoms with Gasteiger partial charge >= 0.3 is 0 Å². The Morgan fingerprint density at radius 2 is 2.04 bits per heavy atom. The number of hydrogen-bond donors (Lipinski definition) is 1. The number of nitrogens with zero attached hydrogens (tertiary/aromatic N) is 5. The summed E-state index contributed by atoms with van der Waals surface area (Å²) in [6, 6.07) is 8.12. The van der Waals surface area contributed by atoms with E-state index in [1.165, 1.54) is 11.8 Å². The molecule has 26 heavy (non-hydrogen) atoms. The molecule has 138 valence electrons. The van der Waals surface area contributed by atoms with Crippen LogP contribution in [-0.2, 0) is 11.3 Å². The summed E-state index contributed by atoms with van der Waals surface area (Å²) < 4.78 is 4.10. The fraction of sp³-hybridized carbons (Fsp3) is 0.444. The van der Waals surface area contributed by atoms with Gasteiger partial charge in [-0.05, 0) is 39.8 Å². The van der Waals surface area contributed by atoms with E-state index in [2.05, 4.69) is 46.9 Å². The van der Waals surface area contributed by atoms with Gasteiger partial charge in [0.2, 0.25) is 5.91 Å². The van der Waals surface area contributed by atoms with E-state index in [1.807, 2.05) is 29.7 Å². The minimum atomic E-state index is -0.168. The molecule has 1 N–H and O–H groups in total. The van der Waals surface area contributed by atoms with Gasteiger partial charge in [0.1, 0.15) is 12.2 Å². The number of amides is 1. The molecule has 0 saturated carbocycles. The summed E-state index contributed by atoms with van der Waals surface area (Å²) in [6.07, 6.45) is 1.69. The first-order valence-electron chi connectivity index (χ1n) is 8.78. The number of rotatable bonds is 7. The maximum atomic E-state index is 12.4. The van der Waals surface area contributed by atoms with Gasteiger partial charge in [0.25, 0.3) is 0 Å². The van der Waals surface area contributed by atoms with E-state index in [0.29, 0.717) is 5.75 Å². The first-order valence-corrected chi connectivity index (χ1v) is 9.76. The molecule has 0 fully saturated rings. The van der Waals surface area contributed by atoms with Gasteiger partial charge in [0.05, 0.1) is 22.8 Å². The second-order valence-corrected chi connectivity index (χ2v) is 7.34. The number of fused-ring (bicyclic) bond motifs is 1. The van der Waals surface area contributed by atoms with Crippen molar-refractivity contribution in [2.75, 3.05) is 5.75 Å². The number of aromatic nitrogens is 5. The molecule has 0 radical (unpaired) electrons. The first kappa shape index (κ1) is 18.4. The Bertz CT molecular complexity index is 900. The van der Waals surface area contributed by atoms with Crippen molar-refractivity contribution in [1.29, 1.82) is 0 Å². The van der Waals surface area contributed by atoms with Crippen LogP contribution in [0.4, 0.5) is 0 Å². The highest BCUT2D eigenvalue weighted by Gasteiger charge is 2.18. The molecule has 0 spiro atoms. The summed E-state index contributed by atoms with van der Waals surface area (Å²) >= 11 is 1.39. The van der Waals surface area contributed by atoms with Crippen LogP contribution < -0.4 is 5.32 Å². The molecule has 0 aliphatic rings. The number of imidazole rings is 1. The van der Waals surface area contributed by atoms with Gasteiger partial charge in [-0.1, -0.05) is 23.9 Å². The molecule has 3 rings (SSSR count). The van der Waals surface area contributed by atoms with Crippen molar-refractivity contribution in [3.05, 3.63) is 36.4 Å². The fourth-order valence-corrected chi connectivity index (χ4v) is 3.78. The summed E-state index contributed by atoms with van der Waals surface area (Å²) in [6.45, 7) is 8.98. The molecule has 2 aromatic heterocycles. The molecular formula is C18H24N6OS. The number of benzene rings is 1. The molecule has 0 aliphatic carbocycles. The smallest absolute Gasteiger partial charge is 0.231 e. The molecule has 1 atom stereocenters. The maximum absolute atomic E-state index is 12.4. The summed E-state index contributed by atoms with van der Waals surface area (Å²) in [5.41, 5.74) is 2.04. The number of carbonyl (C=O) groups is 1. The van der Waals surface area contributed by atoms with Crippen LogP contribution in [0.3, 0.4) is 0 Å². The quantitative estimate of drug-likeness (QED) is 0.645. The third-order valence-corrected chi connectivity index (χ3v) is 5.15. The van der Waals surface area contributed by atoms with Gasteiger partial charge in [0, 0.05) is 12.6 Å². The van der Waals surface area contributed by atoms with Crippen molar-refractivity contribution in [3.8, 4) is 0 Å². The summed E-state index contributed by atoms with van der Waals surface area (Å²) in [7, 11) is 0. The van der Waals surface area contributed by atoms with Gasteiger partial charge in [-0.3, -0.25) is 4.79 Å². The highest BCUT2D eigenvalue weighted by atomic mass is 32.2. The molecule has 3 aromatic rings. The Kier molecular flexibility index (Phi) is 5.61. The normalized spacial score (nSPS) is 12.7. The molecule has 1 unspecified atom stereocenters. The Morgan fingerprint density at radius 3 is 2.77 bits per heavy atom. The molecule has 0 saturated heterocycles. The maximum Gasteiger partial charge on any atom is 0.231 e. The lowest BCUT2D eigenvalue weighted by Gasteiger charge is -2.15. The number of nitrogens with one attached hydrogen (secondary N) is 1. The van der Waals surface area contributed by atoms with Crippen LogP contribution in [0.2, 0.25) is 0 Å². The molecular weight excluding hydrogens is 348 g/mol. The van der Waals surface area contributed by atoms with E-state index in [-0.39, 0.29) is 18.0 Å². The van der Waals surface area contributed by atoms with Crippen LogP contribution >= 0.6 is 11.8 Å². The molecule has 2 heterocycles. The minimum Gasteiger partial charge on any atom is -0.346 e. The van der Waals surface area contributed by atoms with Crippen molar-refractivity contribution >= 4 is 28.7 Å². The monoisotopic (exact) mass is 372 g/mol. The Labute approximate surface area is 157 Å². The van der Waals surface area contributed by atoms with Crippen molar-refractivity contribution < 1.29 is 4.79 Å². The largest absolute Gasteiger partial charge is 0.346 e. The number of carbonyl (C=O) groups excluding carboxylic acids is 1. The van der Waals surface area contributed by atoms with E-state index in [1.54, 1.807) is 6.33 Å². The first-order chi connectivity index (χ1) is 12.5. The van der Waals surface area contributed by atoms with Crippen LogP contribution in [0.5, 0.6) is 0 Å². The van der Waals surface area contributed by atoms with E-state index >= 15 is 0 Å². The Hall–Kier alpha value is -2.35. The van der Waals surface area contributed by atoms with E-state index in [4.69, 9.17) is 4.98 Å². The highest BCUT2D eigenvalue weighted by Crippen LogP contribution is 2.22. The lowest BCUT2D eigenvalue weighted by atomic mass is 10.3. The molecule has 7 nitrogen and oxygen atoms in total. The number of para-hydroxylation sites is 2. The van der Waals surface area contributed by atoms with Gasteiger partial charge in [-0.2, -0.15) is 0 Å². The zero-order valence-corrected chi connectivity index (χ0v) is 16.3. The zero-order chi connectivity index (χ0) is 18.7. The third-order valence-electron chi connectivity index (χ3n) is 4.19. The van der Waals surface area contributed by atoms with Crippen LogP contribution in [0.25, 0.3) is 11.0 Å². The number of hydrogen-bond acceptors (Lipinski definition) is 5. The summed E-state index contributed by atoms with van der Waals surface area (Å²) in [5, 5.41) is 11.8. The average molecular weight is 372 g/mol. The molecule has 1 aromatic carbocycles. The predicted octanol–water partition coefficient (Wildman–Crippen LogP) is 3.20. The van der Waals surface area contributed by atoms with Crippen molar-refractivity contribution in [1.82, 2.24) is 29.6 Å². The van der Waals surface area contributed by atoms with Crippen LogP contribution in [0, 0.1) is 0 Å². The predicted molar refractivity (Wildman–Crippen MR) is 103 cm³/mol. The fourth-order valence-electron chi connectivity index (χ4n) is 2.92. The molecule has 8 heteroatoms. The lowest BCUT2D eigenvalue weighted by molar-refractivity contribution is -0.119. The van der Waals surface area contributed by atoms with Crippen molar-refractivity contribution in [2.24, 2.45) is 0 Å². The van der Waals surface area contributed by atoms with Crippen LogP contribution in [0.1, 0.15) is 45.6 Å². The standard InChI is InChI=1S/C18H24N6OS/c1-5-23-15-9-7-6-8-14(15)21-17(23)13(4)20-16(25)10-26-18-22-19-11-24(18)12(2)3/h6-9,11-13H,5,10H2,1-4H3,(H,20,25). The summed E-state index contributed by atoms with van der Waals surface area (Å²) in [5.74, 6) is 1.12. The highest BCUT2D eigenvalue weighted by molar-refractivity contribution is 7.99. The van der Waals surface area contributed by atoms with Crippen LogP contribution in [0.15, 0.2) is 35.7 Å². The minimum absolute atomic E-state index is 0.0458. The lowest BCUT2D eigenvalue weighted by Crippen LogP contribution is -2.30. The van der Waals surface area contributed by atoms with Gasteiger partial charge in [-0.25, -0.2) is 4.98 Å². The van der Waals surface area contributed by atoms with Crippen LogP contribution in [-0.4, -0.2) is 36.0 Å². The van der Waals surface area contributed by atoms with E-state index in [9.17, 15) is 4.79 Å². The van der Waals surface area contributed by atoms with Gasteiger partial charge in [-0.15, -0.1) is 10.2 Å². The van der Waals surface area contributed by atoms with E-state index < -0.39 is 0 Å². The van der Waals surface area contributed by atoms with Gasteiger partial charge < -0.3 is 14.5 Å². The second kappa shape index (κ2) is 7.90. The zero-order valence-electron chi connectivity index (χ0n) is 15.5. The number of thioether (sulfide) groups is 1. The van der Waals surface area contributed by atoms with Gasteiger partial charge in [0.15, 0.2) is 5.16 Å². The molecule has 0 aliphatic heterocycles. The second-order valence-electron chi connectivity index (χ2n) is 6.40. The molecule has 1 amide bonds. The summed E-state index contributed by atoms with van der Waals surface area (Å²) in [4.78, 5) is 17.1. The third kappa shape index (κ3) is 3.75. The number of aryl methyl sites for hydroxylation is 1. The topological polar surface area (TPSA) is 77.6 Å². The molecule has 0 bridgehead atoms. The Balaban J connectivity index is 1.67. The van der Waals surface area contributed by atoms with E-state index in [0.717, 1.165) is 28.6 Å². The Morgan fingerprint density at radius 1 is 1.27 bits per heavy atom. The van der Waals surface area contributed by atoms with Crippen molar-refractivity contribution in [2.45, 2.75) is 51.5 Å². The average Bonchev–Trinajstić information content (AvgIpc) is 3.24. The SMILES string of the molecule is CCn1c(C(C)NC(=O)CSc2nncn2C(C)C)nc2ccccc21.